The molecule has 8 nitrogen and oxygen atoms in total. The zero-order chi connectivity index (χ0) is 53.5. The maximum Gasteiger partial charge on any atom is 0.268 e. The Morgan fingerprint density at radius 3 is 1.11 bits per heavy atom. The number of allylic oxidation sites excluding steroid dienone is 5. The highest BCUT2D eigenvalue weighted by Gasteiger charge is 2.23. The van der Waals surface area contributed by atoms with Crippen molar-refractivity contribution in [2.45, 2.75) is 328 Å². The Morgan fingerprint density at radius 2 is 0.767 bits per heavy atom. The van der Waals surface area contributed by atoms with Gasteiger partial charge in [-0.05, 0) is 57.8 Å². The van der Waals surface area contributed by atoms with Gasteiger partial charge in [0.05, 0.1) is 39.9 Å². The normalized spacial score (nSPS) is 14.0. The Hall–Kier alpha value is -1.28. The number of likely N-dealkylation sites (N-methyl/N-ethyl adjacent to an activating group) is 1. The summed E-state index contributed by atoms with van der Waals surface area (Å²) in [5.74, 6) is -0.203. The lowest BCUT2D eigenvalue weighted by molar-refractivity contribution is -0.870. The molecule has 3 unspecified atom stereocenters. The Morgan fingerprint density at radius 1 is 0.466 bits per heavy atom. The predicted molar refractivity (Wildman–Crippen MR) is 316 cm³/mol. The monoisotopic (exact) mass is 1050 g/mol. The van der Waals surface area contributed by atoms with Crippen LogP contribution in [0, 0.1) is 0 Å². The lowest BCUT2D eigenvalue weighted by atomic mass is 10.0. The molecule has 0 aromatic carbocycles. The molecule has 1 amide bonds. The number of carbonyl (C=O) groups is 1. The molecule has 0 saturated carbocycles. The van der Waals surface area contributed by atoms with Crippen molar-refractivity contribution in [3.05, 3.63) is 36.5 Å². The smallest absolute Gasteiger partial charge is 0.268 e. The van der Waals surface area contributed by atoms with Crippen LogP contribution in [0.4, 0.5) is 0 Å². The van der Waals surface area contributed by atoms with E-state index in [0.29, 0.717) is 17.4 Å². The predicted octanol–water partition coefficient (Wildman–Crippen LogP) is 19.1. The summed E-state index contributed by atoms with van der Waals surface area (Å²) < 4.78 is 23.4. The van der Waals surface area contributed by atoms with Crippen molar-refractivity contribution in [2.24, 2.45) is 0 Å². The van der Waals surface area contributed by atoms with E-state index in [4.69, 9.17) is 9.05 Å². The average Bonchev–Trinajstić information content (AvgIpc) is 3.35. The molecule has 0 aliphatic rings. The van der Waals surface area contributed by atoms with Gasteiger partial charge in [0, 0.05) is 6.42 Å². The van der Waals surface area contributed by atoms with Crippen LogP contribution in [0.2, 0.25) is 0 Å². The van der Waals surface area contributed by atoms with E-state index in [1.165, 1.54) is 257 Å². The molecule has 0 spiro atoms. The van der Waals surface area contributed by atoms with E-state index in [-0.39, 0.29) is 12.5 Å². The second-order valence-electron chi connectivity index (χ2n) is 23.1. The van der Waals surface area contributed by atoms with E-state index in [1.807, 2.05) is 27.2 Å². The van der Waals surface area contributed by atoms with Crippen LogP contribution in [0.1, 0.15) is 316 Å². The molecule has 0 bridgehead atoms. The summed E-state index contributed by atoms with van der Waals surface area (Å²) in [6, 6.07) is -0.904. The summed E-state index contributed by atoms with van der Waals surface area (Å²) in [5.41, 5.74) is 0. The number of phosphoric ester groups is 1. The molecule has 0 saturated heterocycles. The van der Waals surface area contributed by atoms with Crippen LogP contribution < -0.4 is 10.2 Å². The first-order valence-electron chi connectivity index (χ1n) is 31.9. The number of aliphatic hydroxyl groups excluding tert-OH is 1. The number of hydrogen-bond acceptors (Lipinski definition) is 6. The van der Waals surface area contributed by atoms with Gasteiger partial charge in [0.2, 0.25) is 5.91 Å². The van der Waals surface area contributed by atoms with Gasteiger partial charge in [0.15, 0.2) is 0 Å². The number of phosphoric acid groups is 1. The number of carbonyl (C=O) groups excluding carboxylic acids is 1. The zero-order valence-corrected chi connectivity index (χ0v) is 50.3. The molecule has 0 aliphatic carbocycles. The fraction of sp³-hybridized carbons (Fsp3) is 0.891. The molecular weight excluding hydrogens is 924 g/mol. The molecule has 0 aliphatic heterocycles. The molecule has 0 radical (unpaired) electrons. The van der Waals surface area contributed by atoms with Gasteiger partial charge in [-0.25, -0.2) is 0 Å². The lowest BCUT2D eigenvalue weighted by Crippen LogP contribution is -2.45. The summed E-state index contributed by atoms with van der Waals surface area (Å²) in [5, 5.41) is 13.9. The zero-order valence-electron chi connectivity index (χ0n) is 49.4. The first kappa shape index (κ1) is 71.7. The summed E-state index contributed by atoms with van der Waals surface area (Å²) in [4.78, 5) is 25.6. The number of nitrogens with one attached hydrogen (secondary N) is 1. The minimum atomic E-state index is -4.61. The van der Waals surface area contributed by atoms with E-state index in [9.17, 15) is 19.4 Å². The van der Waals surface area contributed by atoms with E-state index in [0.717, 1.165) is 38.5 Å². The first-order chi connectivity index (χ1) is 35.5. The molecule has 0 heterocycles. The van der Waals surface area contributed by atoms with Gasteiger partial charge in [-0.15, -0.1) is 0 Å². The Balaban J connectivity index is 4.17. The highest BCUT2D eigenvalue weighted by atomic mass is 31.2. The van der Waals surface area contributed by atoms with E-state index < -0.39 is 26.6 Å². The second-order valence-corrected chi connectivity index (χ2v) is 24.5. The second kappa shape index (κ2) is 55.5. The number of aliphatic hydroxyl groups is 1. The molecule has 0 aromatic heterocycles. The molecule has 9 heteroatoms. The minimum Gasteiger partial charge on any atom is -0.756 e. The van der Waals surface area contributed by atoms with Gasteiger partial charge < -0.3 is 28.8 Å². The van der Waals surface area contributed by atoms with Gasteiger partial charge in [0.1, 0.15) is 13.2 Å². The van der Waals surface area contributed by atoms with Crippen molar-refractivity contribution in [3.8, 4) is 0 Å². The molecule has 0 fully saturated rings. The van der Waals surface area contributed by atoms with Gasteiger partial charge in [-0.3, -0.25) is 9.36 Å². The van der Waals surface area contributed by atoms with E-state index in [1.54, 1.807) is 6.08 Å². The van der Waals surface area contributed by atoms with Crippen molar-refractivity contribution in [3.63, 3.8) is 0 Å². The SMILES string of the molecule is CCCCCCCCCCCCCC/C=C\CCCCCCCCCCCCCC(=O)NC(COP(=O)([O-])OCC[N+](C)(C)C)C(O)/C=C/CC/C=C/CCCCCCCCCCCCCCCCCCCC. The van der Waals surface area contributed by atoms with Gasteiger partial charge in [-0.2, -0.15) is 0 Å². The molecule has 73 heavy (non-hydrogen) atoms. The fourth-order valence-electron chi connectivity index (χ4n) is 9.58. The highest BCUT2D eigenvalue weighted by Crippen LogP contribution is 2.38. The van der Waals surface area contributed by atoms with E-state index in [2.05, 4.69) is 43.5 Å². The molecule has 0 aromatic rings. The van der Waals surface area contributed by atoms with Crippen molar-refractivity contribution in [1.82, 2.24) is 5.32 Å². The molecule has 432 valence electrons. The number of amides is 1. The van der Waals surface area contributed by atoms with Crippen molar-refractivity contribution >= 4 is 13.7 Å². The average molecular weight is 1050 g/mol. The van der Waals surface area contributed by atoms with Gasteiger partial charge in [0.25, 0.3) is 7.82 Å². The standard InChI is InChI=1S/C64H125N2O6P/c1-6-8-10-12-14-16-18-20-22-24-26-28-30-32-33-34-36-38-40-42-44-46-48-50-52-54-56-58-64(68)65-62(61-72-73(69,70)71-60-59-66(3,4)5)63(67)57-55-53-51-49-47-45-43-41-39-37-35-31-29-27-25-23-21-19-17-15-13-11-9-7-2/h32-33,47,49,55,57,62-63,67H,6-31,34-46,48,50-54,56,58-61H2,1-5H3,(H-,65,68,69,70)/b33-32-,49-47+,57-55+. The Bertz CT molecular complexity index is 1280. The van der Waals surface area contributed by atoms with Crippen molar-refractivity contribution < 1.29 is 32.9 Å². The Kier molecular flexibility index (Phi) is 54.5. The summed E-state index contributed by atoms with van der Waals surface area (Å²) in [7, 11) is 1.25. The van der Waals surface area contributed by atoms with Gasteiger partial charge in [-0.1, -0.05) is 288 Å². The number of unbranched alkanes of at least 4 members (excludes halogenated alkanes) is 42. The maximum atomic E-state index is 13.0. The number of hydrogen-bond donors (Lipinski definition) is 2. The van der Waals surface area contributed by atoms with Crippen LogP contribution >= 0.6 is 7.82 Å². The van der Waals surface area contributed by atoms with Crippen LogP contribution in [0.3, 0.4) is 0 Å². The van der Waals surface area contributed by atoms with E-state index >= 15 is 0 Å². The van der Waals surface area contributed by atoms with Crippen LogP contribution in [0.25, 0.3) is 0 Å². The van der Waals surface area contributed by atoms with Crippen LogP contribution in [-0.2, 0) is 18.4 Å². The van der Waals surface area contributed by atoms with Crippen molar-refractivity contribution in [1.29, 1.82) is 0 Å². The van der Waals surface area contributed by atoms with Crippen LogP contribution in [-0.4, -0.2) is 68.5 Å². The number of nitrogens with zero attached hydrogens (tertiary/aromatic N) is 1. The lowest BCUT2D eigenvalue weighted by Gasteiger charge is -2.29. The third-order valence-corrected chi connectivity index (χ3v) is 15.5. The molecule has 3 atom stereocenters. The highest BCUT2D eigenvalue weighted by molar-refractivity contribution is 7.45. The molecule has 2 N–H and O–H groups in total. The van der Waals surface area contributed by atoms with Crippen molar-refractivity contribution in [2.75, 3.05) is 40.9 Å². The topological polar surface area (TPSA) is 108 Å². The quantitative estimate of drug-likeness (QED) is 0.0272. The molecule has 0 rings (SSSR count). The number of rotatable bonds is 59. The summed E-state index contributed by atoms with van der Waals surface area (Å²) >= 11 is 0. The maximum absolute atomic E-state index is 13.0. The van der Waals surface area contributed by atoms with Gasteiger partial charge >= 0.3 is 0 Å². The number of quaternary nitrogens is 1. The minimum absolute atomic E-state index is 0.00550. The molecular formula is C64H125N2O6P. The first-order valence-corrected chi connectivity index (χ1v) is 33.3. The third kappa shape index (κ3) is 58.2. The Labute approximate surface area is 455 Å². The van der Waals surface area contributed by atoms with Crippen LogP contribution in [0.15, 0.2) is 36.5 Å². The summed E-state index contributed by atoms with van der Waals surface area (Å²) in [6.07, 6.45) is 72.5. The van der Waals surface area contributed by atoms with Crippen LogP contribution in [0.5, 0.6) is 0 Å². The summed E-state index contributed by atoms with van der Waals surface area (Å²) in [6.45, 7) is 4.68. The fourth-order valence-corrected chi connectivity index (χ4v) is 10.3. The third-order valence-electron chi connectivity index (χ3n) is 14.6. The largest absolute Gasteiger partial charge is 0.756 e.